The summed E-state index contributed by atoms with van der Waals surface area (Å²) in [5, 5.41) is 13.8. The Morgan fingerprint density at radius 1 is 1.07 bits per heavy atom. The van der Waals surface area contributed by atoms with E-state index < -0.39 is 5.92 Å². The Hall–Kier alpha value is -2.90. The molecule has 3 heterocycles. The number of nitrogens with zero attached hydrogens (tertiary/aromatic N) is 2. The number of hydrogen-bond donors (Lipinski definition) is 3. The van der Waals surface area contributed by atoms with Crippen LogP contribution in [0.25, 0.3) is 0 Å². The van der Waals surface area contributed by atoms with E-state index in [0.29, 0.717) is 12.0 Å². The molecule has 3 aliphatic rings. The maximum absolute atomic E-state index is 12.3. The molecule has 0 spiro atoms. The third-order valence-electron chi connectivity index (χ3n) is 6.04. The van der Waals surface area contributed by atoms with Gasteiger partial charge in [0.15, 0.2) is 0 Å². The number of amides is 1. The van der Waals surface area contributed by atoms with Crippen LogP contribution < -0.4 is 21.1 Å². The van der Waals surface area contributed by atoms with Gasteiger partial charge in [0.05, 0.1) is 11.8 Å². The zero-order valence-electron chi connectivity index (χ0n) is 16.1. The van der Waals surface area contributed by atoms with Gasteiger partial charge in [-0.25, -0.2) is 0 Å². The van der Waals surface area contributed by atoms with E-state index in [2.05, 4.69) is 15.6 Å². The van der Waals surface area contributed by atoms with E-state index in [1.54, 1.807) is 0 Å². The maximum Gasteiger partial charge on any atom is 0.230 e. The predicted octanol–water partition coefficient (Wildman–Crippen LogP) is 1.51. The van der Waals surface area contributed by atoms with Crippen LogP contribution in [-0.4, -0.2) is 48.5 Å². The fraction of sp³-hybridized carbons (Fsp3) is 0.364. The average Bonchev–Trinajstić information content (AvgIpc) is 3.09. The van der Waals surface area contributed by atoms with Crippen molar-refractivity contribution in [3.05, 3.63) is 60.2 Å². The minimum absolute atomic E-state index is 0.165. The van der Waals surface area contributed by atoms with Gasteiger partial charge < -0.3 is 15.8 Å². The Bertz CT molecular complexity index is 911. The Morgan fingerprint density at radius 2 is 1.79 bits per heavy atom. The molecule has 2 aromatic carbocycles. The zero-order chi connectivity index (χ0) is 19.8. The number of hydrazone groups is 1. The Balaban J connectivity index is 1.41. The quantitative estimate of drug-likeness (QED) is 0.719. The molecule has 4 N–H and O–H groups in total. The van der Waals surface area contributed by atoms with Gasteiger partial charge in [-0.2, -0.15) is 5.10 Å². The molecule has 0 aliphatic carbocycles. The van der Waals surface area contributed by atoms with Crippen LogP contribution in [0.5, 0.6) is 11.5 Å². The molecule has 2 fully saturated rings. The number of carbonyl (C=O) groups excluding carboxylic acids is 1. The number of rotatable bonds is 5. The van der Waals surface area contributed by atoms with Crippen LogP contribution in [0, 0.1) is 11.8 Å². The molecule has 2 saturated heterocycles. The second kappa shape index (κ2) is 7.50. The van der Waals surface area contributed by atoms with E-state index in [4.69, 9.17) is 15.6 Å². The molecule has 1 amide bonds. The van der Waals surface area contributed by atoms with Crippen molar-refractivity contribution in [1.29, 1.82) is 0 Å². The van der Waals surface area contributed by atoms with Crippen molar-refractivity contribution >= 4 is 11.6 Å². The summed E-state index contributed by atoms with van der Waals surface area (Å²) in [7, 11) is 0. The summed E-state index contributed by atoms with van der Waals surface area (Å²) >= 11 is 0. The van der Waals surface area contributed by atoms with E-state index in [9.17, 15) is 4.79 Å². The molecule has 2 aromatic rings. The fourth-order valence-electron chi connectivity index (χ4n) is 4.44. The lowest BCUT2D eigenvalue weighted by atomic mass is 9.87. The number of nitrogens with two attached hydrogens (primary N) is 1. The molecule has 3 aliphatic heterocycles. The molecule has 7 nitrogen and oxygen atoms in total. The molecular weight excluding hydrogens is 366 g/mol. The van der Waals surface area contributed by atoms with E-state index >= 15 is 0 Å². The molecule has 0 radical (unpaired) electrons. The van der Waals surface area contributed by atoms with Crippen LogP contribution in [0.4, 0.5) is 0 Å². The SMILES string of the molecule is NC(=O)C1C(c2ccc(Oc3ccccc3)cc2)=NN2C(C3CNC3)CCNC12. The number of para-hydroxylation sites is 1. The number of carbonyl (C=O) groups is 1. The summed E-state index contributed by atoms with van der Waals surface area (Å²) in [5.41, 5.74) is 7.44. The van der Waals surface area contributed by atoms with Crippen molar-refractivity contribution in [3.8, 4) is 11.5 Å². The van der Waals surface area contributed by atoms with Crippen LogP contribution in [0.15, 0.2) is 59.7 Å². The summed E-state index contributed by atoms with van der Waals surface area (Å²) < 4.78 is 5.87. The van der Waals surface area contributed by atoms with Crippen LogP contribution in [0.3, 0.4) is 0 Å². The molecule has 3 unspecified atom stereocenters. The average molecular weight is 391 g/mol. The van der Waals surface area contributed by atoms with Gasteiger partial charge in [0, 0.05) is 19.0 Å². The second-order valence-electron chi connectivity index (χ2n) is 7.86. The molecule has 3 atom stereocenters. The van der Waals surface area contributed by atoms with Gasteiger partial charge in [-0.05, 0) is 54.9 Å². The monoisotopic (exact) mass is 391 g/mol. The first kappa shape index (κ1) is 18.1. The highest BCUT2D eigenvalue weighted by Crippen LogP contribution is 2.34. The summed E-state index contributed by atoms with van der Waals surface area (Å²) in [6.45, 7) is 2.88. The van der Waals surface area contributed by atoms with E-state index in [1.165, 1.54) is 0 Å². The number of nitrogens with one attached hydrogen (secondary N) is 2. The normalized spacial score (nSPS) is 26.4. The number of ether oxygens (including phenoxy) is 1. The second-order valence-corrected chi connectivity index (χ2v) is 7.86. The maximum atomic E-state index is 12.3. The van der Waals surface area contributed by atoms with Crippen molar-refractivity contribution in [2.75, 3.05) is 19.6 Å². The largest absolute Gasteiger partial charge is 0.457 e. The van der Waals surface area contributed by atoms with Crippen molar-refractivity contribution in [1.82, 2.24) is 15.6 Å². The van der Waals surface area contributed by atoms with E-state index in [-0.39, 0.29) is 12.1 Å². The summed E-state index contributed by atoms with van der Waals surface area (Å²) in [6.07, 6.45) is 0.858. The number of primary amides is 1. The number of benzene rings is 2. The highest BCUT2D eigenvalue weighted by atomic mass is 16.5. The Labute approximate surface area is 169 Å². The van der Waals surface area contributed by atoms with Crippen LogP contribution in [0.2, 0.25) is 0 Å². The van der Waals surface area contributed by atoms with Crippen molar-refractivity contribution < 1.29 is 9.53 Å². The van der Waals surface area contributed by atoms with Crippen molar-refractivity contribution in [3.63, 3.8) is 0 Å². The van der Waals surface area contributed by atoms with E-state index in [1.807, 2.05) is 54.6 Å². The summed E-state index contributed by atoms with van der Waals surface area (Å²) in [5.74, 6) is 1.28. The lowest BCUT2D eigenvalue weighted by molar-refractivity contribution is -0.122. The molecular formula is C22H25N5O2. The van der Waals surface area contributed by atoms with Crippen LogP contribution in [-0.2, 0) is 4.79 Å². The third kappa shape index (κ3) is 3.36. The number of hydrogen-bond acceptors (Lipinski definition) is 6. The third-order valence-corrected chi connectivity index (χ3v) is 6.04. The first-order valence-electron chi connectivity index (χ1n) is 10.1. The van der Waals surface area contributed by atoms with Gasteiger partial charge in [0.25, 0.3) is 0 Å². The molecule has 0 bridgehead atoms. The van der Waals surface area contributed by atoms with Gasteiger partial charge in [-0.15, -0.1) is 0 Å². The zero-order valence-corrected chi connectivity index (χ0v) is 16.1. The molecule has 0 aromatic heterocycles. The molecule has 150 valence electrons. The topological polar surface area (TPSA) is 92.0 Å². The van der Waals surface area contributed by atoms with Crippen molar-refractivity contribution in [2.24, 2.45) is 22.7 Å². The Kier molecular flexibility index (Phi) is 4.69. The molecule has 29 heavy (non-hydrogen) atoms. The van der Waals surface area contributed by atoms with Gasteiger partial charge >= 0.3 is 0 Å². The van der Waals surface area contributed by atoms with Crippen LogP contribution >= 0.6 is 0 Å². The summed E-state index contributed by atoms with van der Waals surface area (Å²) in [4.78, 5) is 12.3. The lowest BCUT2D eigenvalue weighted by Gasteiger charge is -2.45. The minimum Gasteiger partial charge on any atom is -0.457 e. The first-order chi connectivity index (χ1) is 14.2. The van der Waals surface area contributed by atoms with Crippen molar-refractivity contribution in [2.45, 2.75) is 18.6 Å². The highest BCUT2D eigenvalue weighted by Gasteiger charge is 2.48. The molecule has 5 rings (SSSR count). The summed E-state index contributed by atoms with van der Waals surface area (Å²) in [6, 6.07) is 17.7. The molecule has 0 saturated carbocycles. The minimum atomic E-state index is -0.466. The highest BCUT2D eigenvalue weighted by molar-refractivity contribution is 6.14. The van der Waals surface area contributed by atoms with Gasteiger partial charge in [-0.1, -0.05) is 18.2 Å². The van der Waals surface area contributed by atoms with Gasteiger partial charge in [0.2, 0.25) is 5.91 Å². The standard InChI is InChI=1S/C22H25N5O2/c23-21(28)19-20(26-27-18(15-12-24-13-15)10-11-25-22(19)27)14-6-8-17(9-7-14)29-16-4-2-1-3-5-16/h1-9,15,18-19,22,24-25H,10-13H2,(H2,23,28). The molecule has 7 heteroatoms. The number of fused-ring (bicyclic) bond motifs is 1. The first-order valence-corrected chi connectivity index (χ1v) is 10.1. The lowest BCUT2D eigenvalue weighted by Crippen LogP contribution is -2.63. The smallest absolute Gasteiger partial charge is 0.230 e. The van der Waals surface area contributed by atoms with Crippen LogP contribution in [0.1, 0.15) is 12.0 Å². The van der Waals surface area contributed by atoms with Gasteiger partial charge in [-0.3, -0.25) is 15.1 Å². The Morgan fingerprint density at radius 3 is 2.45 bits per heavy atom. The fourth-order valence-corrected chi connectivity index (χ4v) is 4.44. The van der Waals surface area contributed by atoms with E-state index in [0.717, 1.165) is 48.8 Å². The van der Waals surface area contributed by atoms with Gasteiger partial charge in [0.1, 0.15) is 23.6 Å². The predicted molar refractivity (Wildman–Crippen MR) is 111 cm³/mol.